The SMILES string of the molecule is COc1ccc(C#N)c(NC=O)c1C. The van der Waals surface area contributed by atoms with Crippen molar-refractivity contribution >= 4 is 12.1 Å². The van der Waals surface area contributed by atoms with Crippen LogP contribution < -0.4 is 10.1 Å². The second-order valence-corrected chi connectivity index (χ2v) is 2.69. The average molecular weight is 190 g/mol. The minimum absolute atomic E-state index is 0.426. The molecule has 72 valence electrons. The van der Waals surface area contributed by atoms with Gasteiger partial charge in [0.2, 0.25) is 6.41 Å². The zero-order valence-corrected chi connectivity index (χ0v) is 8.00. The van der Waals surface area contributed by atoms with E-state index in [-0.39, 0.29) is 0 Å². The number of methoxy groups -OCH3 is 1. The quantitative estimate of drug-likeness (QED) is 0.733. The van der Waals surface area contributed by atoms with Crippen LogP contribution in [0.5, 0.6) is 5.75 Å². The molecule has 0 aromatic heterocycles. The van der Waals surface area contributed by atoms with Crippen molar-refractivity contribution in [2.75, 3.05) is 12.4 Å². The molecule has 0 aliphatic carbocycles. The Bertz CT molecular complexity index is 394. The Balaban J connectivity index is 3.32. The highest BCUT2D eigenvalue weighted by atomic mass is 16.5. The second-order valence-electron chi connectivity index (χ2n) is 2.69. The zero-order valence-electron chi connectivity index (χ0n) is 8.00. The molecular formula is C10H10N2O2. The van der Waals surface area contributed by atoms with Crippen molar-refractivity contribution in [3.8, 4) is 11.8 Å². The molecule has 4 heteroatoms. The van der Waals surface area contributed by atoms with Crippen LogP contribution in [0.1, 0.15) is 11.1 Å². The molecule has 1 aromatic rings. The molecule has 0 saturated heterocycles. The number of nitrogens with one attached hydrogen (secondary N) is 1. The molecule has 0 atom stereocenters. The minimum atomic E-state index is 0.426. The highest BCUT2D eigenvalue weighted by molar-refractivity contribution is 5.79. The molecule has 1 N–H and O–H groups in total. The van der Waals surface area contributed by atoms with Gasteiger partial charge in [-0.25, -0.2) is 0 Å². The van der Waals surface area contributed by atoms with Gasteiger partial charge in [0.25, 0.3) is 0 Å². The lowest BCUT2D eigenvalue weighted by molar-refractivity contribution is -0.105. The van der Waals surface area contributed by atoms with Crippen molar-refractivity contribution < 1.29 is 9.53 Å². The maximum Gasteiger partial charge on any atom is 0.211 e. The van der Waals surface area contributed by atoms with Crippen LogP contribution in [0.4, 0.5) is 5.69 Å². The zero-order chi connectivity index (χ0) is 10.6. The van der Waals surface area contributed by atoms with Gasteiger partial charge in [0.15, 0.2) is 0 Å². The monoisotopic (exact) mass is 190 g/mol. The molecule has 14 heavy (non-hydrogen) atoms. The lowest BCUT2D eigenvalue weighted by atomic mass is 10.1. The average Bonchev–Trinajstić information content (AvgIpc) is 2.21. The largest absolute Gasteiger partial charge is 0.496 e. The third kappa shape index (κ3) is 1.67. The van der Waals surface area contributed by atoms with Gasteiger partial charge in [-0.3, -0.25) is 4.79 Å². The fourth-order valence-electron chi connectivity index (χ4n) is 1.25. The number of carbonyl (C=O) groups is 1. The van der Waals surface area contributed by atoms with Crippen molar-refractivity contribution in [2.24, 2.45) is 0 Å². The van der Waals surface area contributed by atoms with E-state index < -0.39 is 0 Å². The molecule has 1 amide bonds. The van der Waals surface area contributed by atoms with Gasteiger partial charge in [-0.05, 0) is 19.1 Å². The molecule has 0 heterocycles. The Hall–Kier alpha value is -2.02. The Morgan fingerprint density at radius 2 is 2.29 bits per heavy atom. The van der Waals surface area contributed by atoms with E-state index in [0.717, 1.165) is 5.56 Å². The van der Waals surface area contributed by atoms with Gasteiger partial charge in [0.05, 0.1) is 18.4 Å². The van der Waals surface area contributed by atoms with Crippen LogP contribution in [0, 0.1) is 18.3 Å². The van der Waals surface area contributed by atoms with E-state index in [1.54, 1.807) is 26.2 Å². The summed E-state index contributed by atoms with van der Waals surface area (Å²) in [5.41, 5.74) is 1.68. The van der Waals surface area contributed by atoms with Crippen LogP contribution in [-0.4, -0.2) is 13.5 Å². The normalized spacial score (nSPS) is 8.93. The van der Waals surface area contributed by atoms with Gasteiger partial charge in [-0.15, -0.1) is 0 Å². The summed E-state index contributed by atoms with van der Waals surface area (Å²) in [7, 11) is 1.54. The Morgan fingerprint density at radius 1 is 1.57 bits per heavy atom. The molecule has 1 rings (SSSR count). The van der Waals surface area contributed by atoms with E-state index >= 15 is 0 Å². The molecule has 4 nitrogen and oxygen atoms in total. The number of amides is 1. The number of nitrogens with zero attached hydrogens (tertiary/aromatic N) is 1. The van der Waals surface area contributed by atoms with Gasteiger partial charge in [0, 0.05) is 5.56 Å². The molecule has 0 saturated carbocycles. The summed E-state index contributed by atoms with van der Waals surface area (Å²) in [5, 5.41) is 11.3. The smallest absolute Gasteiger partial charge is 0.211 e. The summed E-state index contributed by atoms with van der Waals surface area (Å²) >= 11 is 0. The number of carbonyl (C=O) groups excluding carboxylic acids is 1. The number of ether oxygens (including phenoxy) is 1. The minimum Gasteiger partial charge on any atom is -0.496 e. The number of hydrogen-bond acceptors (Lipinski definition) is 3. The summed E-state index contributed by atoms with van der Waals surface area (Å²) < 4.78 is 5.07. The lowest BCUT2D eigenvalue weighted by Crippen LogP contribution is -2.01. The second kappa shape index (κ2) is 4.28. The predicted octanol–water partition coefficient (Wildman–Crippen LogP) is 1.44. The van der Waals surface area contributed by atoms with Crippen LogP contribution in [0.25, 0.3) is 0 Å². The number of rotatable bonds is 3. The van der Waals surface area contributed by atoms with E-state index in [4.69, 9.17) is 10.00 Å². The molecule has 0 radical (unpaired) electrons. The first-order valence-electron chi connectivity index (χ1n) is 4.02. The highest BCUT2D eigenvalue weighted by Crippen LogP contribution is 2.28. The van der Waals surface area contributed by atoms with E-state index in [1.807, 2.05) is 6.07 Å². The van der Waals surface area contributed by atoms with E-state index in [2.05, 4.69) is 5.32 Å². The van der Waals surface area contributed by atoms with E-state index in [9.17, 15) is 4.79 Å². The van der Waals surface area contributed by atoms with Gasteiger partial charge >= 0.3 is 0 Å². The summed E-state index contributed by atoms with van der Waals surface area (Å²) in [6.07, 6.45) is 0.544. The third-order valence-electron chi connectivity index (χ3n) is 1.96. The first kappa shape index (κ1) is 10.1. The number of hydrogen-bond donors (Lipinski definition) is 1. The summed E-state index contributed by atoms with van der Waals surface area (Å²) in [5.74, 6) is 0.647. The summed E-state index contributed by atoms with van der Waals surface area (Å²) in [4.78, 5) is 10.3. The lowest BCUT2D eigenvalue weighted by Gasteiger charge is -2.10. The van der Waals surface area contributed by atoms with Gasteiger partial charge in [-0.2, -0.15) is 5.26 Å². The first-order chi connectivity index (χ1) is 6.74. The summed E-state index contributed by atoms with van der Waals surface area (Å²) in [6, 6.07) is 5.30. The van der Waals surface area contributed by atoms with Crippen molar-refractivity contribution in [2.45, 2.75) is 6.92 Å². The Kier molecular flexibility index (Phi) is 3.08. The van der Waals surface area contributed by atoms with Crippen molar-refractivity contribution in [3.05, 3.63) is 23.3 Å². The maximum absolute atomic E-state index is 10.3. The maximum atomic E-state index is 10.3. The van der Waals surface area contributed by atoms with Crippen LogP contribution >= 0.6 is 0 Å². The fourth-order valence-corrected chi connectivity index (χ4v) is 1.25. The topological polar surface area (TPSA) is 62.1 Å². The standard InChI is InChI=1S/C10H10N2O2/c1-7-9(14-2)4-3-8(5-11)10(7)12-6-13/h3-4,6H,1-2H3,(H,12,13). The van der Waals surface area contributed by atoms with Gasteiger partial charge < -0.3 is 10.1 Å². The van der Waals surface area contributed by atoms with Gasteiger partial charge in [0.1, 0.15) is 11.8 Å². The molecular weight excluding hydrogens is 180 g/mol. The molecule has 0 unspecified atom stereocenters. The molecule has 0 bridgehead atoms. The van der Waals surface area contributed by atoms with E-state index in [0.29, 0.717) is 23.4 Å². The van der Waals surface area contributed by atoms with Crippen LogP contribution in [0.3, 0.4) is 0 Å². The van der Waals surface area contributed by atoms with E-state index in [1.165, 1.54) is 0 Å². The Morgan fingerprint density at radius 3 is 2.79 bits per heavy atom. The van der Waals surface area contributed by atoms with Gasteiger partial charge in [-0.1, -0.05) is 0 Å². The van der Waals surface area contributed by atoms with Crippen molar-refractivity contribution in [1.29, 1.82) is 5.26 Å². The van der Waals surface area contributed by atoms with Crippen LogP contribution in [0.2, 0.25) is 0 Å². The number of benzene rings is 1. The first-order valence-corrected chi connectivity index (χ1v) is 4.02. The molecule has 0 aliphatic rings. The summed E-state index contributed by atoms with van der Waals surface area (Å²) in [6.45, 7) is 1.78. The van der Waals surface area contributed by atoms with Crippen LogP contribution in [-0.2, 0) is 4.79 Å². The fraction of sp³-hybridized carbons (Fsp3) is 0.200. The molecule has 0 spiro atoms. The molecule has 0 aliphatic heterocycles. The third-order valence-corrected chi connectivity index (χ3v) is 1.96. The molecule has 0 fully saturated rings. The van der Waals surface area contributed by atoms with Crippen molar-refractivity contribution in [1.82, 2.24) is 0 Å². The number of nitriles is 1. The molecule has 1 aromatic carbocycles. The van der Waals surface area contributed by atoms with Crippen LogP contribution in [0.15, 0.2) is 12.1 Å². The number of anilines is 1. The predicted molar refractivity (Wildman–Crippen MR) is 52.1 cm³/mol. The van der Waals surface area contributed by atoms with Crippen molar-refractivity contribution in [3.63, 3.8) is 0 Å². The Labute approximate surface area is 82.1 Å². The highest BCUT2D eigenvalue weighted by Gasteiger charge is 2.09.